The number of benzene rings is 2. The van der Waals surface area contributed by atoms with Crippen LogP contribution in [0, 0.1) is 20.8 Å². The van der Waals surface area contributed by atoms with Gasteiger partial charge < -0.3 is 14.2 Å². The summed E-state index contributed by atoms with van der Waals surface area (Å²) in [5, 5.41) is 1.69. The van der Waals surface area contributed by atoms with E-state index in [0.29, 0.717) is 13.0 Å². The fourth-order valence-electron chi connectivity index (χ4n) is 4.24. The molecule has 2 amide bonds. The first-order valence-electron chi connectivity index (χ1n) is 10.7. The topological polar surface area (TPSA) is 73.9 Å². The molecule has 2 aromatic carbocycles. The van der Waals surface area contributed by atoms with Crippen LogP contribution in [0.3, 0.4) is 0 Å². The van der Waals surface area contributed by atoms with Gasteiger partial charge in [-0.1, -0.05) is 30.8 Å². The summed E-state index contributed by atoms with van der Waals surface area (Å²) in [5.41, 5.74) is 5.47. The fraction of sp³-hybridized carbons (Fsp3) is 0.440. The van der Waals surface area contributed by atoms with Crippen LogP contribution in [0.1, 0.15) is 47.1 Å². The number of hydrogen-bond acceptors (Lipinski definition) is 6. The van der Waals surface area contributed by atoms with Crippen molar-refractivity contribution in [3.8, 4) is 17.2 Å². The third-order valence-electron chi connectivity index (χ3n) is 6.06. The van der Waals surface area contributed by atoms with E-state index >= 15 is 0 Å². The van der Waals surface area contributed by atoms with Gasteiger partial charge in [-0.25, -0.2) is 0 Å². The maximum Gasteiger partial charge on any atom is 0.286 e. The monoisotopic (exact) mass is 457 g/mol. The highest BCUT2D eigenvalue weighted by Crippen LogP contribution is 2.42. The van der Waals surface area contributed by atoms with Crippen LogP contribution in [0.5, 0.6) is 17.2 Å². The number of methoxy groups -OCH3 is 2. The minimum atomic E-state index is -0.358. The van der Waals surface area contributed by atoms with Crippen LogP contribution in [0.15, 0.2) is 24.3 Å². The van der Waals surface area contributed by atoms with Gasteiger partial charge in [0.05, 0.1) is 26.1 Å². The molecule has 7 heteroatoms. The molecule has 0 radical (unpaired) electrons. The summed E-state index contributed by atoms with van der Waals surface area (Å²) in [5.74, 6) is 2.63. The van der Waals surface area contributed by atoms with Crippen molar-refractivity contribution in [3.05, 3.63) is 52.1 Å². The number of amides is 2. The molecular weight excluding hydrogens is 426 g/mol. The third kappa shape index (κ3) is 5.04. The van der Waals surface area contributed by atoms with Crippen LogP contribution in [-0.4, -0.2) is 37.2 Å². The zero-order chi connectivity index (χ0) is 23.4. The first-order chi connectivity index (χ1) is 15.3. The summed E-state index contributed by atoms with van der Waals surface area (Å²) in [6, 6.07) is 7.70. The second kappa shape index (κ2) is 10.3. The molecule has 0 aromatic heterocycles. The average molecular weight is 458 g/mol. The van der Waals surface area contributed by atoms with Crippen LogP contribution < -0.4 is 19.5 Å². The Labute approximate surface area is 194 Å². The van der Waals surface area contributed by atoms with Crippen molar-refractivity contribution in [1.29, 1.82) is 0 Å². The van der Waals surface area contributed by atoms with Gasteiger partial charge in [-0.2, -0.15) is 0 Å². The lowest BCUT2D eigenvalue weighted by atomic mass is 9.88. The predicted molar refractivity (Wildman–Crippen MR) is 127 cm³/mol. The van der Waals surface area contributed by atoms with Gasteiger partial charge in [-0.15, -0.1) is 0 Å². The van der Waals surface area contributed by atoms with Crippen molar-refractivity contribution in [2.75, 3.05) is 20.8 Å². The molecule has 1 N–H and O–H groups in total. The van der Waals surface area contributed by atoms with Gasteiger partial charge in [0.15, 0.2) is 0 Å². The molecule has 0 spiro atoms. The molecule has 1 fully saturated rings. The number of thioether (sulfide) groups is 1. The first-order valence-corrected chi connectivity index (χ1v) is 11.6. The van der Waals surface area contributed by atoms with E-state index in [0.717, 1.165) is 63.2 Å². The molecule has 0 aliphatic carbocycles. The van der Waals surface area contributed by atoms with E-state index in [-0.39, 0.29) is 22.3 Å². The Morgan fingerprint density at radius 1 is 0.969 bits per heavy atom. The zero-order valence-electron chi connectivity index (χ0n) is 19.5. The van der Waals surface area contributed by atoms with E-state index in [1.807, 2.05) is 24.3 Å². The number of carbonyl (C=O) groups is 2. The molecule has 172 valence electrons. The molecular formula is C25H31NO5S. The molecule has 2 unspecified atom stereocenters. The fourth-order valence-corrected chi connectivity index (χ4v) is 5.10. The first kappa shape index (κ1) is 24.0. The maximum atomic E-state index is 11.7. The van der Waals surface area contributed by atoms with Crippen LogP contribution in [-0.2, 0) is 11.2 Å². The largest absolute Gasteiger partial charge is 0.496 e. The van der Waals surface area contributed by atoms with E-state index in [4.69, 9.17) is 14.2 Å². The van der Waals surface area contributed by atoms with Gasteiger partial charge >= 0.3 is 0 Å². The van der Waals surface area contributed by atoms with Crippen LogP contribution in [0.25, 0.3) is 0 Å². The standard InChI is InChI=1S/C25H31NO5S/c1-14(21-17(4)22(29-5)15(2)16(3)23(21)30-6)11-12-31-19-9-7-18(8-10-19)13-20-24(27)26-25(28)32-20/h7-10,14,20H,11-13H2,1-6H3,(H,26,27,28). The Morgan fingerprint density at radius 3 is 2.16 bits per heavy atom. The normalized spacial score (nSPS) is 16.6. The Morgan fingerprint density at radius 2 is 1.59 bits per heavy atom. The number of ether oxygens (including phenoxy) is 3. The molecule has 2 atom stereocenters. The van der Waals surface area contributed by atoms with Crippen molar-refractivity contribution in [3.63, 3.8) is 0 Å². The minimum absolute atomic E-state index is 0.219. The Bertz CT molecular complexity index is 1000. The molecule has 32 heavy (non-hydrogen) atoms. The summed E-state index contributed by atoms with van der Waals surface area (Å²) >= 11 is 1.05. The third-order valence-corrected chi connectivity index (χ3v) is 7.05. The van der Waals surface area contributed by atoms with Crippen molar-refractivity contribution in [2.45, 2.75) is 51.7 Å². The summed E-state index contributed by atoms with van der Waals surface area (Å²) in [6.07, 6.45) is 1.35. The van der Waals surface area contributed by atoms with Gasteiger partial charge in [0.1, 0.15) is 17.2 Å². The van der Waals surface area contributed by atoms with Gasteiger partial charge in [-0.3, -0.25) is 14.9 Å². The molecule has 3 rings (SSSR count). The summed E-state index contributed by atoms with van der Waals surface area (Å²) in [7, 11) is 3.42. The second-order valence-corrected chi connectivity index (χ2v) is 9.30. The second-order valence-electron chi connectivity index (χ2n) is 8.12. The lowest BCUT2D eigenvalue weighted by Crippen LogP contribution is -2.25. The van der Waals surface area contributed by atoms with E-state index < -0.39 is 0 Å². The van der Waals surface area contributed by atoms with Crippen molar-refractivity contribution < 1.29 is 23.8 Å². The number of nitrogens with one attached hydrogen (secondary N) is 1. The highest BCUT2D eigenvalue weighted by atomic mass is 32.2. The van der Waals surface area contributed by atoms with Crippen LogP contribution in [0.2, 0.25) is 0 Å². The number of hydrogen-bond donors (Lipinski definition) is 1. The average Bonchev–Trinajstić information content (AvgIpc) is 3.08. The minimum Gasteiger partial charge on any atom is -0.496 e. The Kier molecular flexibility index (Phi) is 7.72. The quantitative estimate of drug-likeness (QED) is 0.565. The Balaban J connectivity index is 1.61. The van der Waals surface area contributed by atoms with E-state index in [2.05, 4.69) is 33.0 Å². The molecule has 1 heterocycles. The smallest absolute Gasteiger partial charge is 0.286 e. The number of carbonyl (C=O) groups excluding carboxylic acids is 2. The summed E-state index contributed by atoms with van der Waals surface area (Å²) < 4.78 is 17.4. The van der Waals surface area contributed by atoms with E-state index in [9.17, 15) is 9.59 Å². The molecule has 6 nitrogen and oxygen atoms in total. The van der Waals surface area contributed by atoms with Crippen LogP contribution >= 0.6 is 11.8 Å². The zero-order valence-corrected chi connectivity index (χ0v) is 20.4. The van der Waals surface area contributed by atoms with Crippen molar-refractivity contribution >= 4 is 22.9 Å². The molecule has 0 bridgehead atoms. The summed E-state index contributed by atoms with van der Waals surface area (Å²) in [4.78, 5) is 23.0. The predicted octanol–water partition coefficient (Wildman–Crippen LogP) is 5.10. The molecule has 2 aromatic rings. The lowest BCUT2D eigenvalue weighted by molar-refractivity contribution is -0.118. The van der Waals surface area contributed by atoms with Gasteiger partial charge in [0.25, 0.3) is 5.24 Å². The number of imide groups is 1. The van der Waals surface area contributed by atoms with Crippen molar-refractivity contribution in [1.82, 2.24) is 5.32 Å². The SMILES string of the molecule is COc1c(C)c(C)c(OC)c(C(C)CCOc2ccc(CC3SC(=O)NC3=O)cc2)c1C. The molecule has 1 aliphatic heterocycles. The van der Waals surface area contributed by atoms with Crippen LogP contribution in [0.4, 0.5) is 4.79 Å². The number of rotatable bonds is 9. The summed E-state index contributed by atoms with van der Waals surface area (Å²) in [6.45, 7) is 8.94. The van der Waals surface area contributed by atoms with E-state index in [1.54, 1.807) is 14.2 Å². The molecule has 1 aliphatic rings. The molecule has 0 saturated carbocycles. The maximum absolute atomic E-state index is 11.7. The van der Waals surface area contributed by atoms with Crippen molar-refractivity contribution in [2.24, 2.45) is 0 Å². The lowest BCUT2D eigenvalue weighted by Gasteiger charge is -2.24. The van der Waals surface area contributed by atoms with E-state index in [1.165, 1.54) is 0 Å². The van der Waals surface area contributed by atoms with Gasteiger partial charge in [0, 0.05) is 5.56 Å². The van der Waals surface area contributed by atoms with Gasteiger partial charge in [0.2, 0.25) is 5.91 Å². The molecule has 1 saturated heterocycles. The Hall–Kier alpha value is -2.67. The van der Waals surface area contributed by atoms with Gasteiger partial charge in [-0.05, 0) is 73.9 Å². The highest BCUT2D eigenvalue weighted by molar-refractivity contribution is 8.15. The highest BCUT2D eigenvalue weighted by Gasteiger charge is 2.31.